The molecular weight excluding hydrogens is 144 g/mol. The molecule has 3 heteroatoms. The van der Waals surface area contributed by atoms with E-state index in [0.717, 1.165) is 0 Å². The van der Waals surface area contributed by atoms with Crippen molar-refractivity contribution in [3.63, 3.8) is 0 Å². The molecule has 0 heterocycles. The summed E-state index contributed by atoms with van der Waals surface area (Å²) < 4.78 is 9.31. The largest absolute Gasteiger partial charge is 0.456 e. The van der Waals surface area contributed by atoms with Gasteiger partial charge < -0.3 is 9.47 Å². The fraction of sp³-hybridized carbons (Fsp3) is 0.500. The Morgan fingerprint density at radius 2 is 2.36 bits per heavy atom. The lowest BCUT2D eigenvalue weighted by Crippen LogP contribution is -2.00. The Morgan fingerprint density at radius 3 is 2.91 bits per heavy atom. The molecule has 0 aliphatic carbocycles. The van der Waals surface area contributed by atoms with Gasteiger partial charge in [-0.2, -0.15) is 0 Å². The Hall–Kier alpha value is -1.01. The van der Waals surface area contributed by atoms with Crippen LogP contribution < -0.4 is 0 Å². The Bertz CT molecular complexity index is 164. The van der Waals surface area contributed by atoms with Gasteiger partial charge in [0.05, 0.1) is 6.61 Å². The van der Waals surface area contributed by atoms with E-state index in [9.17, 15) is 4.79 Å². The van der Waals surface area contributed by atoms with E-state index in [1.807, 2.05) is 0 Å². The lowest BCUT2D eigenvalue weighted by molar-refractivity contribution is -0.136. The van der Waals surface area contributed by atoms with Gasteiger partial charge in [-0.25, -0.2) is 4.79 Å². The van der Waals surface area contributed by atoms with Crippen LogP contribution in [-0.4, -0.2) is 25.8 Å². The van der Waals surface area contributed by atoms with Crippen molar-refractivity contribution in [1.29, 1.82) is 0 Å². The molecule has 0 aromatic rings. The second kappa shape index (κ2) is 7.10. The van der Waals surface area contributed by atoms with Gasteiger partial charge in [0.15, 0.2) is 0 Å². The summed E-state index contributed by atoms with van der Waals surface area (Å²) in [5, 5.41) is 0. The molecular formula is C8H11O3. The van der Waals surface area contributed by atoms with Gasteiger partial charge in [-0.3, -0.25) is 0 Å². The molecule has 11 heavy (non-hydrogen) atoms. The summed E-state index contributed by atoms with van der Waals surface area (Å²) in [6, 6.07) is 0. The maximum atomic E-state index is 10.5. The van der Waals surface area contributed by atoms with Gasteiger partial charge in [-0.15, -0.1) is 0 Å². The van der Waals surface area contributed by atoms with E-state index in [1.54, 1.807) is 6.92 Å². The van der Waals surface area contributed by atoms with Gasteiger partial charge >= 0.3 is 5.97 Å². The smallest absolute Gasteiger partial charge is 0.384 e. The average molecular weight is 155 g/mol. The number of hydrogen-bond acceptors (Lipinski definition) is 3. The number of ether oxygens (including phenoxy) is 2. The van der Waals surface area contributed by atoms with E-state index >= 15 is 0 Å². The topological polar surface area (TPSA) is 35.5 Å². The number of hydrogen-bond donors (Lipinski definition) is 0. The third-order valence-corrected chi connectivity index (χ3v) is 0.784. The Labute approximate surface area is 66.7 Å². The predicted molar refractivity (Wildman–Crippen MR) is 40.6 cm³/mol. The van der Waals surface area contributed by atoms with E-state index in [0.29, 0.717) is 13.2 Å². The quantitative estimate of drug-likeness (QED) is 0.256. The summed E-state index contributed by atoms with van der Waals surface area (Å²) in [6.07, 6.45) is 0. The first-order valence-electron chi connectivity index (χ1n) is 3.33. The maximum absolute atomic E-state index is 10.5. The highest BCUT2D eigenvalue weighted by atomic mass is 16.5. The lowest BCUT2D eigenvalue weighted by Gasteiger charge is -1.91. The molecule has 0 rings (SSSR count). The van der Waals surface area contributed by atoms with Crippen molar-refractivity contribution in [3.05, 3.63) is 6.92 Å². The first kappa shape index (κ1) is 9.99. The molecule has 1 radical (unpaired) electrons. The van der Waals surface area contributed by atoms with Crippen molar-refractivity contribution in [2.45, 2.75) is 6.92 Å². The molecule has 61 valence electrons. The molecule has 0 aliphatic rings. The second-order valence-electron chi connectivity index (χ2n) is 1.57. The first-order chi connectivity index (χ1) is 5.31. The third kappa shape index (κ3) is 6.88. The zero-order chi connectivity index (χ0) is 8.53. The van der Waals surface area contributed by atoms with Crippen molar-refractivity contribution in [1.82, 2.24) is 0 Å². The van der Waals surface area contributed by atoms with E-state index in [-0.39, 0.29) is 6.61 Å². The monoisotopic (exact) mass is 155 g/mol. The molecule has 0 amide bonds. The number of rotatable bonds is 3. The number of carbonyl (C=O) groups is 1. The average Bonchev–Trinajstić information content (AvgIpc) is 1.99. The van der Waals surface area contributed by atoms with E-state index in [2.05, 4.69) is 23.5 Å². The van der Waals surface area contributed by atoms with Crippen LogP contribution in [0.1, 0.15) is 6.92 Å². The zero-order valence-corrected chi connectivity index (χ0v) is 6.55. The zero-order valence-electron chi connectivity index (χ0n) is 6.55. The Morgan fingerprint density at radius 1 is 1.64 bits per heavy atom. The minimum Gasteiger partial charge on any atom is -0.456 e. The number of esters is 1. The maximum Gasteiger partial charge on any atom is 0.384 e. The van der Waals surface area contributed by atoms with Crippen LogP contribution in [-0.2, 0) is 14.3 Å². The molecule has 0 unspecified atom stereocenters. The Balaban J connectivity index is 3.43. The van der Waals surface area contributed by atoms with Gasteiger partial charge in [-0.05, 0) is 13.8 Å². The van der Waals surface area contributed by atoms with Crippen LogP contribution >= 0.6 is 0 Å². The van der Waals surface area contributed by atoms with Crippen molar-refractivity contribution >= 4 is 5.97 Å². The molecule has 0 aromatic heterocycles. The standard InChI is InChI=1S/C8H11O3/c1-3-10-7-5-6-8(9)11-4-2/h1,3-4,7H2,2H3. The minimum atomic E-state index is -0.514. The predicted octanol–water partition coefficient (Wildman–Crippen LogP) is 0.404. The SMILES string of the molecule is [CH2]COCC#CC(=O)OCC. The van der Waals surface area contributed by atoms with Crippen LogP contribution in [0.25, 0.3) is 0 Å². The van der Waals surface area contributed by atoms with E-state index in [1.165, 1.54) is 0 Å². The molecule has 0 saturated heterocycles. The molecule has 0 bridgehead atoms. The van der Waals surface area contributed by atoms with Crippen LogP contribution in [0.5, 0.6) is 0 Å². The molecule has 0 fully saturated rings. The summed E-state index contributed by atoms with van der Waals surface area (Å²) in [6.45, 7) is 6.09. The van der Waals surface area contributed by atoms with Gasteiger partial charge in [0.2, 0.25) is 0 Å². The van der Waals surface area contributed by atoms with Crippen LogP contribution in [0.2, 0.25) is 0 Å². The van der Waals surface area contributed by atoms with Crippen LogP contribution in [0.15, 0.2) is 0 Å². The van der Waals surface area contributed by atoms with Gasteiger partial charge in [0.1, 0.15) is 6.61 Å². The van der Waals surface area contributed by atoms with Gasteiger partial charge in [0, 0.05) is 12.5 Å². The van der Waals surface area contributed by atoms with Crippen molar-refractivity contribution < 1.29 is 14.3 Å². The van der Waals surface area contributed by atoms with Crippen molar-refractivity contribution in [2.24, 2.45) is 0 Å². The molecule has 0 spiro atoms. The van der Waals surface area contributed by atoms with Crippen molar-refractivity contribution in [3.8, 4) is 11.8 Å². The lowest BCUT2D eigenvalue weighted by atomic mass is 10.6. The highest BCUT2D eigenvalue weighted by Gasteiger charge is 1.90. The van der Waals surface area contributed by atoms with Crippen LogP contribution in [0.4, 0.5) is 0 Å². The van der Waals surface area contributed by atoms with Gasteiger partial charge in [-0.1, -0.05) is 5.92 Å². The number of carbonyl (C=O) groups excluding carboxylic acids is 1. The van der Waals surface area contributed by atoms with Crippen LogP contribution in [0.3, 0.4) is 0 Å². The summed E-state index contributed by atoms with van der Waals surface area (Å²) >= 11 is 0. The van der Waals surface area contributed by atoms with Crippen LogP contribution in [0, 0.1) is 18.8 Å². The molecule has 0 N–H and O–H groups in total. The molecule has 3 nitrogen and oxygen atoms in total. The fourth-order valence-electron chi connectivity index (χ4n) is 0.399. The summed E-state index contributed by atoms with van der Waals surface area (Å²) in [5.74, 6) is 4.22. The molecule has 0 aromatic carbocycles. The van der Waals surface area contributed by atoms with E-state index < -0.39 is 5.97 Å². The minimum absolute atomic E-state index is 0.225. The first-order valence-corrected chi connectivity index (χ1v) is 3.33. The third-order valence-electron chi connectivity index (χ3n) is 0.784. The second-order valence-corrected chi connectivity index (χ2v) is 1.57. The molecule has 0 atom stereocenters. The van der Waals surface area contributed by atoms with E-state index in [4.69, 9.17) is 4.74 Å². The van der Waals surface area contributed by atoms with Crippen molar-refractivity contribution in [2.75, 3.05) is 19.8 Å². The molecule has 0 saturated carbocycles. The highest BCUT2D eigenvalue weighted by Crippen LogP contribution is 1.74. The summed E-state index contributed by atoms with van der Waals surface area (Å²) in [7, 11) is 0. The summed E-state index contributed by atoms with van der Waals surface area (Å²) in [4.78, 5) is 10.5. The highest BCUT2D eigenvalue weighted by molar-refractivity contribution is 5.88. The Kier molecular flexibility index (Phi) is 6.45. The summed E-state index contributed by atoms with van der Waals surface area (Å²) in [5.41, 5.74) is 0. The normalized spacial score (nSPS) is 8.18. The molecule has 0 aliphatic heterocycles. The fourth-order valence-corrected chi connectivity index (χ4v) is 0.399. The van der Waals surface area contributed by atoms with Gasteiger partial charge in [0.25, 0.3) is 0 Å².